The number of aldehydes is 1. The average molecular weight is 374 g/mol. The van der Waals surface area contributed by atoms with E-state index in [4.69, 9.17) is 5.73 Å². The van der Waals surface area contributed by atoms with Crippen molar-refractivity contribution in [3.63, 3.8) is 0 Å². The van der Waals surface area contributed by atoms with Gasteiger partial charge in [0.05, 0.1) is 11.6 Å². The summed E-state index contributed by atoms with van der Waals surface area (Å²) in [6.45, 7) is 3.85. The highest BCUT2D eigenvalue weighted by Gasteiger charge is 2.27. The van der Waals surface area contributed by atoms with Gasteiger partial charge in [-0.05, 0) is 62.0 Å². The first-order valence-corrected chi connectivity index (χ1v) is 10.1. The maximum absolute atomic E-state index is 11.0. The maximum atomic E-state index is 11.0. The molecule has 0 spiro atoms. The van der Waals surface area contributed by atoms with Crippen LogP contribution in [-0.2, 0) is 4.79 Å². The summed E-state index contributed by atoms with van der Waals surface area (Å²) >= 11 is 0. The topological polar surface area (TPSA) is 59.2 Å². The number of piperidine rings is 1. The highest BCUT2D eigenvalue weighted by atomic mass is 16.1. The minimum Gasteiger partial charge on any atom is -0.324 e. The third kappa shape index (κ3) is 3.84. The van der Waals surface area contributed by atoms with E-state index in [1.165, 1.54) is 5.56 Å². The number of carbonyl (C=O) groups excluding carboxylic acids is 1. The van der Waals surface area contributed by atoms with Crippen LogP contribution >= 0.6 is 0 Å². The minimum absolute atomic E-state index is 0.00650. The number of nitrogens with zero attached hydrogens (tertiary/aromatic N) is 2. The Morgan fingerprint density at radius 1 is 1.07 bits per heavy atom. The molecule has 1 fully saturated rings. The van der Waals surface area contributed by atoms with Crippen LogP contribution in [0.25, 0.3) is 22.0 Å². The number of para-hydroxylation sites is 1. The van der Waals surface area contributed by atoms with Gasteiger partial charge in [0.25, 0.3) is 0 Å². The van der Waals surface area contributed by atoms with E-state index in [1.807, 2.05) is 31.3 Å². The van der Waals surface area contributed by atoms with Crippen molar-refractivity contribution in [2.75, 3.05) is 13.1 Å². The fourth-order valence-electron chi connectivity index (χ4n) is 4.17. The van der Waals surface area contributed by atoms with Crippen LogP contribution in [0.5, 0.6) is 0 Å². The number of aromatic nitrogens is 1. The summed E-state index contributed by atoms with van der Waals surface area (Å²) in [5.41, 5.74) is 11.1. The van der Waals surface area contributed by atoms with Crippen LogP contribution in [-0.4, -0.2) is 35.3 Å². The molecular weight excluding hydrogens is 346 g/mol. The van der Waals surface area contributed by atoms with Crippen molar-refractivity contribution in [1.82, 2.24) is 9.88 Å². The Balaban J connectivity index is 1.46. The first-order valence-electron chi connectivity index (χ1n) is 10.1. The lowest BCUT2D eigenvalue weighted by Crippen LogP contribution is -2.42. The van der Waals surface area contributed by atoms with Gasteiger partial charge in [0.1, 0.15) is 6.29 Å². The summed E-state index contributed by atoms with van der Waals surface area (Å²) in [7, 11) is 0. The van der Waals surface area contributed by atoms with Gasteiger partial charge in [0.2, 0.25) is 0 Å². The highest BCUT2D eigenvalue weighted by Crippen LogP contribution is 2.31. The molecular formula is C24H27N3O. The fraction of sp³-hybridized carbons (Fsp3) is 0.333. The number of hydrogen-bond donors (Lipinski definition) is 1. The van der Waals surface area contributed by atoms with Crippen LogP contribution in [0.4, 0.5) is 0 Å². The molecule has 4 heteroatoms. The van der Waals surface area contributed by atoms with E-state index < -0.39 is 0 Å². The molecule has 1 aliphatic heterocycles. The third-order valence-electron chi connectivity index (χ3n) is 6.07. The second kappa shape index (κ2) is 8.21. The smallest absolute Gasteiger partial charge is 0.136 e. The van der Waals surface area contributed by atoms with Gasteiger partial charge in [-0.15, -0.1) is 0 Å². The second-order valence-electron chi connectivity index (χ2n) is 7.81. The molecule has 0 amide bonds. The van der Waals surface area contributed by atoms with Crippen molar-refractivity contribution in [1.29, 1.82) is 0 Å². The van der Waals surface area contributed by atoms with Crippen molar-refractivity contribution in [3.05, 3.63) is 66.4 Å². The van der Waals surface area contributed by atoms with E-state index in [-0.39, 0.29) is 12.1 Å². The number of benzene rings is 2. The van der Waals surface area contributed by atoms with Crippen LogP contribution < -0.4 is 5.73 Å². The minimum atomic E-state index is 0.00650. The van der Waals surface area contributed by atoms with Crippen LogP contribution in [0.2, 0.25) is 0 Å². The van der Waals surface area contributed by atoms with E-state index in [1.54, 1.807) is 0 Å². The summed E-state index contributed by atoms with van der Waals surface area (Å²) in [6.07, 6.45) is 5.03. The molecule has 2 unspecified atom stereocenters. The predicted octanol–water partition coefficient (Wildman–Crippen LogP) is 4.20. The quantitative estimate of drug-likeness (QED) is 0.681. The first-order chi connectivity index (χ1) is 13.7. The van der Waals surface area contributed by atoms with Crippen LogP contribution in [0.15, 0.2) is 60.8 Å². The van der Waals surface area contributed by atoms with E-state index in [0.717, 1.165) is 54.2 Å². The van der Waals surface area contributed by atoms with Gasteiger partial charge < -0.3 is 10.5 Å². The number of pyridine rings is 1. The van der Waals surface area contributed by atoms with Crippen molar-refractivity contribution in [2.45, 2.75) is 31.8 Å². The Labute approximate surface area is 166 Å². The van der Waals surface area contributed by atoms with Crippen LogP contribution in [0.3, 0.4) is 0 Å². The van der Waals surface area contributed by atoms with Crippen molar-refractivity contribution in [2.24, 2.45) is 11.7 Å². The molecule has 1 aromatic heterocycles. The van der Waals surface area contributed by atoms with E-state index >= 15 is 0 Å². The van der Waals surface area contributed by atoms with Gasteiger partial charge in [-0.25, -0.2) is 0 Å². The van der Waals surface area contributed by atoms with E-state index in [9.17, 15) is 4.79 Å². The summed E-state index contributed by atoms with van der Waals surface area (Å²) < 4.78 is 0. The molecule has 3 aromatic rings. The van der Waals surface area contributed by atoms with Gasteiger partial charge in [0, 0.05) is 23.2 Å². The molecule has 4 nitrogen and oxygen atoms in total. The molecule has 144 valence electrons. The molecule has 1 saturated heterocycles. The first kappa shape index (κ1) is 18.8. The molecule has 28 heavy (non-hydrogen) atoms. The van der Waals surface area contributed by atoms with Gasteiger partial charge in [-0.1, -0.05) is 42.5 Å². The second-order valence-corrected chi connectivity index (χ2v) is 7.81. The van der Waals surface area contributed by atoms with Gasteiger partial charge in [0.15, 0.2) is 0 Å². The Morgan fingerprint density at radius 2 is 1.79 bits per heavy atom. The molecule has 0 bridgehead atoms. The Hall–Kier alpha value is -2.56. The molecule has 2 atom stereocenters. The summed E-state index contributed by atoms with van der Waals surface area (Å²) in [4.78, 5) is 17.8. The fourth-order valence-corrected chi connectivity index (χ4v) is 4.17. The molecule has 2 aromatic carbocycles. The molecule has 0 aliphatic carbocycles. The normalized spacial score (nSPS) is 18.1. The standard InChI is InChI=1S/C24H27N3O/c1-17(16-28)27-12-10-20(11-13-27)24(25)19-8-6-18(7-9-19)22-14-21-4-2-3-5-23(21)26-15-22/h2-9,14-17,20,24H,10-13,25H2,1H3. The van der Waals surface area contributed by atoms with Crippen molar-refractivity contribution in [3.8, 4) is 11.1 Å². The Bertz CT molecular complexity index is 945. The Morgan fingerprint density at radius 3 is 2.50 bits per heavy atom. The zero-order valence-electron chi connectivity index (χ0n) is 16.3. The summed E-state index contributed by atoms with van der Waals surface area (Å²) in [5.74, 6) is 0.461. The molecule has 2 N–H and O–H groups in total. The molecule has 0 radical (unpaired) electrons. The average Bonchev–Trinajstić information content (AvgIpc) is 2.78. The monoisotopic (exact) mass is 373 g/mol. The maximum Gasteiger partial charge on any atom is 0.136 e. The lowest BCUT2D eigenvalue weighted by atomic mass is 9.85. The largest absolute Gasteiger partial charge is 0.324 e. The number of hydrogen-bond acceptors (Lipinski definition) is 4. The zero-order valence-corrected chi connectivity index (χ0v) is 16.3. The van der Waals surface area contributed by atoms with Crippen LogP contribution in [0, 0.1) is 5.92 Å². The highest BCUT2D eigenvalue weighted by molar-refractivity contribution is 5.83. The summed E-state index contributed by atoms with van der Waals surface area (Å²) in [6, 6.07) is 19.0. The number of nitrogens with two attached hydrogens (primary N) is 1. The van der Waals surface area contributed by atoms with Crippen molar-refractivity contribution < 1.29 is 4.79 Å². The zero-order chi connectivity index (χ0) is 19.5. The number of rotatable bonds is 5. The number of likely N-dealkylation sites (tertiary alicyclic amines) is 1. The van der Waals surface area contributed by atoms with Crippen molar-refractivity contribution >= 4 is 17.2 Å². The van der Waals surface area contributed by atoms with Gasteiger partial charge >= 0.3 is 0 Å². The SMILES string of the molecule is CC(C=O)N1CCC(C(N)c2ccc(-c3cnc4ccccc4c3)cc2)CC1. The number of carbonyl (C=O) groups is 1. The molecule has 1 aliphatic rings. The predicted molar refractivity (Wildman–Crippen MR) is 114 cm³/mol. The van der Waals surface area contributed by atoms with E-state index in [2.05, 4.69) is 46.3 Å². The number of fused-ring (bicyclic) bond motifs is 1. The molecule has 4 rings (SSSR count). The molecule has 0 saturated carbocycles. The third-order valence-corrected chi connectivity index (χ3v) is 6.07. The van der Waals surface area contributed by atoms with Gasteiger partial charge in [-0.3, -0.25) is 9.88 Å². The van der Waals surface area contributed by atoms with Gasteiger partial charge in [-0.2, -0.15) is 0 Å². The lowest BCUT2D eigenvalue weighted by molar-refractivity contribution is -0.112. The Kier molecular flexibility index (Phi) is 5.51. The van der Waals surface area contributed by atoms with E-state index in [0.29, 0.717) is 5.92 Å². The summed E-state index contributed by atoms with van der Waals surface area (Å²) in [5, 5.41) is 1.15. The lowest BCUT2D eigenvalue weighted by Gasteiger charge is -2.36. The van der Waals surface area contributed by atoms with Crippen LogP contribution in [0.1, 0.15) is 31.4 Å². The molecule has 2 heterocycles.